The predicted molar refractivity (Wildman–Crippen MR) is 152 cm³/mol. The highest BCUT2D eigenvalue weighted by Gasteiger charge is 2.34. The lowest BCUT2D eigenvalue weighted by atomic mass is 9.79. The van der Waals surface area contributed by atoms with Crippen molar-refractivity contribution < 1.29 is 0 Å². The second kappa shape index (κ2) is 12.0. The molecule has 1 heterocycles. The van der Waals surface area contributed by atoms with E-state index in [9.17, 15) is 10.5 Å². The Bertz CT molecular complexity index is 1430. The number of aromatic amines is 1. The number of nitriles is 2. The Kier molecular flexibility index (Phi) is 8.48. The van der Waals surface area contributed by atoms with Gasteiger partial charge in [0, 0.05) is 28.7 Å². The number of nitrogens with one attached hydrogen (secondary N) is 3. The molecule has 0 bridgehead atoms. The van der Waals surface area contributed by atoms with Crippen molar-refractivity contribution in [2.24, 2.45) is 5.41 Å². The molecule has 7 heteroatoms. The van der Waals surface area contributed by atoms with E-state index in [1.807, 2.05) is 80.6 Å². The van der Waals surface area contributed by atoms with Gasteiger partial charge in [0.05, 0.1) is 35.4 Å². The highest BCUT2D eigenvalue weighted by Crippen LogP contribution is 2.37. The summed E-state index contributed by atoms with van der Waals surface area (Å²) in [5, 5.41) is 34.4. The van der Waals surface area contributed by atoms with Gasteiger partial charge in [-0.25, -0.2) is 0 Å². The van der Waals surface area contributed by atoms with E-state index in [-0.39, 0.29) is 18.0 Å². The van der Waals surface area contributed by atoms with Crippen LogP contribution in [0.1, 0.15) is 55.0 Å². The highest BCUT2D eigenvalue weighted by atomic mass is 35.5. The molecule has 3 atom stereocenters. The quantitative estimate of drug-likeness (QED) is 0.203. The molecule has 3 aromatic carbocycles. The molecule has 3 unspecified atom stereocenters. The van der Waals surface area contributed by atoms with Gasteiger partial charge < -0.3 is 10.6 Å². The molecule has 0 spiro atoms. The lowest BCUT2D eigenvalue weighted by molar-refractivity contribution is 0.281. The minimum Gasteiger partial charge on any atom is -0.341 e. The minimum atomic E-state index is -0.694. The third kappa shape index (κ3) is 6.61. The monoisotopic (exact) mass is 522 g/mol. The first-order valence-electron chi connectivity index (χ1n) is 12.6. The maximum Gasteiger partial charge on any atom is 0.125 e. The number of anilines is 2. The first kappa shape index (κ1) is 26.9. The van der Waals surface area contributed by atoms with Crippen LogP contribution in [0.15, 0.2) is 85.1 Å². The average molecular weight is 523 g/mol. The molecule has 0 saturated carbocycles. The van der Waals surface area contributed by atoms with Crippen LogP contribution in [-0.4, -0.2) is 16.2 Å². The zero-order chi connectivity index (χ0) is 27.1. The Balaban J connectivity index is 1.67. The van der Waals surface area contributed by atoms with Gasteiger partial charge >= 0.3 is 0 Å². The zero-order valence-corrected chi connectivity index (χ0v) is 22.5. The van der Waals surface area contributed by atoms with Crippen molar-refractivity contribution >= 4 is 23.1 Å². The van der Waals surface area contributed by atoms with Gasteiger partial charge in [-0.1, -0.05) is 48.0 Å². The molecule has 0 aliphatic carbocycles. The van der Waals surface area contributed by atoms with Gasteiger partial charge in [0.1, 0.15) is 5.82 Å². The Morgan fingerprint density at radius 3 is 2.39 bits per heavy atom. The number of aromatic nitrogens is 2. The standard InChI is InChI=1S/C31H31ClN6/c1-21(28(17-22-10-12-26(32)13-11-22)24-7-4-6-23(16-24)19-33)36-30(31(2,3)20-34)25-8-5-9-27(18-25)37-29-14-15-35-38-29/h4-16,18,21,28,30,36H,17H2,1-3H3,(H2,35,37,38). The number of halogens is 1. The number of benzene rings is 3. The number of nitrogens with zero attached hydrogens (tertiary/aromatic N) is 3. The summed E-state index contributed by atoms with van der Waals surface area (Å²) in [4.78, 5) is 0. The van der Waals surface area contributed by atoms with Crippen molar-refractivity contribution in [3.8, 4) is 12.1 Å². The smallest absolute Gasteiger partial charge is 0.125 e. The van der Waals surface area contributed by atoms with E-state index in [2.05, 4.69) is 52.0 Å². The van der Waals surface area contributed by atoms with Crippen LogP contribution in [0.4, 0.5) is 11.5 Å². The Morgan fingerprint density at radius 1 is 0.974 bits per heavy atom. The van der Waals surface area contributed by atoms with Crippen LogP contribution in [0.3, 0.4) is 0 Å². The number of H-pyrrole nitrogens is 1. The molecule has 0 radical (unpaired) electrons. The summed E-state index contributed by atoms with van der Waals surface area (Å²) in [5.74, 6) is 0.841. The SMILES string of the molecule is CC(NC(c1cccc(Nc2ccn[nH]2)c1)C(C)(C)C#N)C(Cc1ccc(Cl)cc1)c1cccc(C#N)c1. The fraction of sp³-hybridized carbons (Fsp3) is 0.258. The van der Waals surface area contributed by atoms with E-state index in [1.165, 1.54) is 0 Å². The summed E-state index contributed by atoms with van der Waals surface area (Å²) in [6.45, 7) is 6.06. The Hall–Kier alpha value is -4.10. The molecular formula is C31H31ClN6. The van der Waals surface area contributed by atoms with Gasteiger partial charge in [-0.05, 0) is 80.3 Å². The van der Waals surface area contributed by atoms with Crippen molar-refractivity contribution in [2.75, 3.05) is 5.32 Å². The van der Waals surface area contributed by atoms with Crippen molar-refractivity contribution in [2.45, 2.75) is 45.2 Å². The van der Waals surface area contributed by atoms with Crippen LogP contribution in [0.2, 0.25) is 5.02 Å². The van der Waals surface area contributed by atoms with E-state index in [4.69, 9.17) is 11.6 Å². The highest BCUT2D eigenvalue weighted by molar-refractivity contribution is 6.30. The van der Waals surface area contributed by atoms with E-state index < -0.39 is 5.41 Å². The van der Waals surface area contributed by atoms with Gasteiger partial charge in [-0.15, -0.1) is 0 Å². The van der Waals surface area contributed by atoms with Crippen LogP contribution in [0.25, 0.3) is 0 Å². The molecular weight excluding hydrogens is 492 g/mol. The van der Waals surface area contributed by atoms with Gasteiger partial charge in [0.15, 0.2) is 0 Å². The largest absolute Gasteiger partial charge is 0.341 e. The number of hydrogen-bond donors (Lipinski definition) is 3. The van der Waals surface area contributed by atoms with Gasteiger partial charge in [-0.2, -0.15) is 15.6 Å². The van der Waals surface area contributed by atoms with Crippen LogP contribution >= 0.6 is 11.6 Å². The summed E-state index contributed by atoms with van der Waals surface area (Å²) in [5.41, 5.74) is 4.06. The summed E-state index contributed by atoms with van der Waals surface area (Å²) in [7, 11) is 0. The van der Waals surface area contributed by atoms with Gasteiger partial charge in [0.25, 0.3) is 0 Å². The molecule has 3 N–H and O–H groups in total. The third-order valence-corrected chi connectivity index (χ3v) is 7.11. The maximum absolute atomic E-state index is 10.1. The lowest BCUT2D eigenvalue weighted by Gasteiger charge is -2.36. The predicted octanol–water partition coefficient (Wildman–Crippen LogP) is 7.27. The van der Waals surface area contributed by atoms with Crippen LogP contribution in [0.5, 0.6) is 0 Å². The molecule has 0 amide bonds. The van der Waals surface area contributed by atoms with Crippen LogP contribution in [0, 0.1) is 28.1 Å². The third-order valence-electron chi connectivity index (χ3n) is 6.86. The first-order chi connectivity index (χ1) is 18.3. The topological polar surface area (TPSA) is 100 Å². The molecule has 38 heavy (non-hydrogen) atoms. The Morgan fingerprint density at radius 2 is 1.71 bits per heavy atom. The summed E-state index contributed by atoms with van der Waals surface area (Å²) < 4.78 is 0. The molecule has 4 rings (SSSR count). The van der Waals surface area contributed by atoms with Crippen LogP contribution < -0.4 is 10.6 Å². The summed E-state index contributed by atoms with van der Waals surface area (Å²) in [6.07, 6.45) is 2.44. The van der Waals surface area contributed by atoms with Crippen molar-refractivity contribution in [3.05, 3.63) is 112 Å². The average Bonchev–Trinajstić information content (AvgIpc) is 3.44. The summed E-state index contributed by atoms with van der Waals surface area (Å²) >= 11 is 6.14. The second-order valence-electron chi connectivity index (χ2n) is 10.1. The number of rotatable bonds is 10. The summed E-state index contributed by atoms with van der Waals surface area (Å²) in [6, 6.07) is 30.1. The van der Waals surface area contributed by atoms with E-state index in [1.54, 1.807) is 6.20 Å². The molecule has 0 aliphatic rings. The Labute approximate surface area is 229 Å². The fourth-order valence-corrected chi connectivity index (χ4v) is 4.86. The molecule has 0 saturated heterocycles. The molecule has 192 valence electrons. The molecule has 4 aromatic rings. The van der Waals surface area contributed by atoms with Crippen LogP contribution in [-0.2, 0) is 6.42 Å². The zero-order valence-electron chi connectivity index (χ0n) is 21.7. The maximum atomic E-state index is 10.1. The van der Waals surface area contributed by atoms with Crippen molar-refractivity contribution in [3.63, 3.8) is 0 Å². The van der Waals surface area contributed by atoms with Crippen molar-refractivity contribution in [1.82, 2.24) is 15.5 Å². The van der Waals surface area contributed by atoms with E-state index in [0.717, 1.165) is 34.6 Å². The first-order valence-corrected chi connectivity index (χ1v) is 12.9. The van der Waals surface area contributed by atoms with Gasteiger partial charge in [-0.3, -0.25) is 5.10 Å². The molecule has 6 nitrogen and oxygen atoms in total. The van der Waals surface area contributed by atoms with Gasteiger partial charge in [0.2, 0.25) is 0 Å². The minimum absolute atomic E-state index is 0.0264. The lowest BCUT2D eigenvalue weighted by Crippen LogP contribution is -2.42. The number of hydrogen-bond acceptors (Lipinski definition) is 5. The molecule has 0 fully saturated rings. The fourth-order valence-electron chi connectivity index (χ4n) is 4.74. The molecule has 0 aliphatic heterocycles. The molecule has 1 aromatic heterocycles. The van der Waals surface area contributed by atoms with Crippen molar-refractivity contribution in [1.29, 1.82) is 10.5 Å². The van der Waals surface area contributed by atoms with E-state index >= 15 is 0 Å². The van der Waals surface area contributed by atoms with E-state index in [0.29, 0.717) is 10.6 Å². The normalized spacial score (nSPS) is 13.6. The second-order valence-corrected chi connectivity index (χ2v) is 10.6.